The fourth-order valence-corrected chi connectivity index (χ4v) is 3.11. The SMILES string of the molecule is CCCCCCCCNNC1CCN(C(=O)c2cccnc2)CC1.Cl.Cl. The van der Waals surface area contributed by atoms with Gasteiger partial charge in [-0.2, -0.15) is 0 Å². The van der Waals surface area contributed by atoms with Crippen LogP contribution in [-0.2, 0) is 0 Å². The molecule has 1 amide bonds. The molecule has 0 bridgehead atoms. The van der Waals surface area contributed by atoms with Crippen LogP contribution >= 0.6 is 24.8 Å². The van der Waals surface area contributed by atoms with Gasteiger partial charge in [0.25, 0.3) is 5.91 Å². The number of hydrogen-bond donors (Lipinski definition) is 2. The van der Waals surface area contributed by atoms with Crippen LogP contribution in [0.25, 0.3) is 0 Å². The van der Waals surface area contributed by atoms with E-state index in [-0.39, 0.29) is 30.7 Å². The Morgan fingerprint density at radius 2 is 1.85 bits per heavy atom. The Hall–Kier alpha value is -0.880. The summed E-state index contributed by atoms with van der Waals surface area (Å²) in [6.07, 6.45) is 13.3. The topological polar surface area (TPSA) is 57.3 Å². The molecule has 1 fully saturated rings. The number of carbonyl (C=O) groups excluding carboxylic acids is 1. The highest BCUT2D eigenvalue weighted by Crippen LogP contribution is 2.13. The average Bonchev–Trinajstić information content (AvgIpc) is 2.64. The van der Waals surface area contributed by atoms with Crippen molar-refractivity contribution in [2.75, 3.05) is 19.6 Å². The average molecular weight is 405 g/mol. The summed E-state index contributed by atoms with van der Waals surface area (Å²) < 4.78 is 0. The number of pyridine rings is 1. The summed E-state index contributed by atoms with van der Waals surface area (Å²) in [5.74, 6) is 0.0987. The van der Waals surface area contributed by atoms with Gasteiger partial charge in [0.05, 0.1) is 5.56 Å². The Kier molecular flexibility index (Phi) is 14.7. The standard InChI is InChI=1S/C19H32N4O.2ClH/c1-2-3-4-5-6-7-13-21-22-18-10-14-23(15-11-18)19(24)17-9-8-12-20-16-17;;/h8-9,12,16,18,21-22H,2-7,10-11,13-15H2,1H3;2*1H. The van der Waals surface area contributed by atoms with Crippen LogP contribution in [0.2, 0.25) is 0 Å². The summed E-state index contributed by atoms with van der Waals surface area (Å²) in [5, 5.41) is 0. The maximum absolute atomic E-state index is 12.4. The van der Waals surface area contributed by atoms with E-state index in [4.69, 9.17) is 0 Å². The molecule has 1 aliphatic rings. The number of amides is 1. The molecule has 0 spiro atoms. The molecule has 0 radical (unpaired) electrons. The number of likely N-dealkylation sites (tertiary alicyclic amines) is 1. The number of hydrazine groups is 1. The quantitative estimate of drug-likeness (QED) is 0.457. The lowest BCUT2D eigenvalue weighted by atomic mass is 10.0. The molecule has 26 heavy (non-hydrogen) atoms. The normalized spacial score (nSPS) is 14.4. The van der Waals surface area contributed by atoms with Crippen LogP contribution in [0, 0.1) is 0 Å². The van der Waals surface area contributed by atoms with E-state index in [0.29, 0.717) is 11.6 Å². The highest BCUT2D eigenvalue weighted by molar-refractivity contribution is 5.93. The number of aromatic nitrogens is 1. The summed E-state index contributed by atoms with van der Waals surface area (Å²) in [5.41, 5.74) is 7.47. The van der Waals surface area contributed by atoms with E-state index in [2.05, 4.69) is 22.8 Å². The van der Waals surface area contributed by atoms with Crippen LogP contribution in [0.4, 0.5) is 0 Å². The first kappa shape index (κ1) is 25.1. The fraction of sp³-hybridized carbons (Fsp3) is 0.684. The van der Waals surface area contributed by atoms with E-state index in [1.165, 1.54) is 38.5 Å². The van der Waals surface area contributed by atoms with Gasteiger partial charge in [0.1, 0.15) is 0 Å². The van der Waals surface area contributed by atoms with Crippen molar-refractivity contribution in [1.29, 1.82) is 0 Å². The van der Waals surface area contributed by atoms with Crippen LogP contribution in [0.5, 0.6) is 0 Å². The summed E-state index contributed by atoms with van der Waals surface area (Å²) in [7, 11) is 0. The van der Waals surface area contributed by atoms with E-state index in [1.54, 1.807) is 12.4 Å². The molecule has 2 rings (SSSR count). The van der Waals surface area contributed by atoms with Crippen molar-refractivity contribution in [2.45, 2.75) is 64.3 Å². The Balaban J connectivity index is 0.00000312. The van der Waals surface area contributed by atoms with Gasteiger partial charge in [-0.25, -0.2) is 0 Å². The number of carbonyl (C=O) groups is 1. The van der Waals surface area contributed by atoms with E-state index in [0.717, 1.165) is 32.5 Å². The number of halogens is 2. The van der Waals surface area contributed by atoms with Gasteiger partial charge in [-0.1, -0.05) is 39.0 Å². The number of hydrogen-bond acceptors (Lipinski definition) is 4. The van der Waals surface area contributed by atoms with Crippen LogP contribution in [-0.4, -0.2) is 41.5 Å². The lowest BCUT2D eigenvalue weighted by Gasteiger charge is -2.32. The molecule has 5 nitrogen and oxygen atoms in total. The fourth-order valence-electron chi connectivity index (χ4n) is 3.11. The minimum Gasteiger partial charge on any atom is -0.338 e. The largest absolute Gasteiger partial charge is 0.338 e. The molecule has 2 N–H and O–H groups in total. The minimum absolute atomic E-state index is 0. The van der Waals surface area contributed by atoms with Crippen LogP contribution in [0.1, 0.15) is 68.6 Å². The van der Waals surface area contributed by atoms with Gasteiger partial charge in [-0.05, 0) is 31.4 Å². The highest BCUT2D eigenvalue weighted by atomic mass is 35.5. The molecule has 1 aromatic rings. The molecule has 1 aromatic heterocycles. The second-order valence-electron chi connectivity index (χ2n) is 6.65. The van der Waals surface area contributed by atoms with Crippen LogP contribution in [0.15, 0.2) is 24.5 Å². The van der Waals surface area contributed by atoms with Crippen molar-refractivity contribution in [1.82, 2.24) is 20.7 Å². The number of rotatable bonds is 10. The second kappa shape index (κ2) is 15.2. The highest BCUT2D eigenvalue weighted by Gasteiger charge is 2.23. The Morgan fingerprint density at radius 1 is 1.15 bits per heavy atom. The minimum atomic E-state index is 0. The summed E-state index contributed by atoms with van der Waals surface area (Å²) in [6, 6.07) is 4.11. The maximum atomic E-state index is 12.4. The van der Waals surface area contributed by atoms with Gasteiger partial charge in [0, 0.05) is 38.1 Å². The zero-order valence-corrected chi connectivity index (χ0v) is 17.4. The maximum Gasteiger partial charge on any atom is 0.255 e. The van der Waals surface area contributed by atoms with Crippen molar-refractivity contribution < 1.29 is 4.79 Å². The van der Waals surface area contributed by atoms with Gasteiger partial charge in [-0.15, -0.1) is 24.8 Å². The number of nitrogens with zero attached hydrogens (tertiary/aromatic N) is 2. The summed E-state index contributed by atoms with van der Waals surface area (Å²) >= 11 is 0. The van der Waals surface area contributed by atoms with E-state index < -0.39 is 0 Å². The van der Waals surface area contributed by atoms with Crippen molar-refractivity contribution in [3.8, 4) is 0 Å². The number of nitrogens with one attached hydrogen (secondary N) is 2. The molecular weight excluding hydrogens is 371 g/mol. The van der Waals surface area contributed by atoms with E-state index in [1.807, 2.05) is 17.0 Å². The molecule has 150 valence electrons. The number of piperidine rings is 1. The first-order chi connectivity index (χ1) is 11.8. The first-order valence-electron chi connectivity index (χ1n) is 9.49. The van der Waals surface area contributed by atoms with Gasteiger partial charge in [-0.3, -0.25) is 20.6 Å². The Bertz CT molecular complexity index is 468. The third kappa shape index (κ3) is 9.17. The van der Waals surface area contributed by atoms with Crippen molar-refractivity contribution in [3.63, 3.8) is 0 Å². The monoisotopic (exact) mass is 404 g/mol. The molecule has 7 heteroatoms. The Labute approximate surface area is 170 Å². The van der Waals surface area contributed by atoms with Gasteiger partial charge in [0.15, 0.2) is 0 Å². The van der Waals surface area contributed by atoms with Crippen molar-refractivity contribution in [3.05, 3.63) is 30.1 Å². The van der Waals surface area contributed by atoms with Crippen molar-refractivity contribution >= 4 is 30.7 Å². The molecule has 1 saturated heterocycles. The molecular formula is C19H34Cl2N4O. The lowest BCUT2D eigenvalue weighted by Crippen LogP contribution is -2.49. The Morgan fingerprint density at radius 3 is 2.50 bits per heavy atom. The second-order valence-corrected chi connectivity index (χ2v) is 6.65. The zero-order valence-electron chi connectivity index (χ0n) is 15.8. The molecule has 1 aliphatic heterocycles. The predicted molar refractivity (Wildman–Crippen MR) is 112 cm³/mol. The smallest absolute Gasteiger partial charge is 0.255 e. The van der Waals surface area contributed by atoms with Crippen LogP contribution in [0.3, 0.4) is 0 Å². The summed E-state index contributed by atoms with van der Waals surface area (Å²) in [6.45, 7) is 4.90. The number of unbranched alkanes of at least 4 members (excludes halogenated alkanes) is 5. The van der Waals surface area contributed by atoms with E-state index in [9.17, 15) is 4.79 Å². The molecule has 0 atom stereocenters. The molecule has 0 saturated carbocycles. The van der Waals surface area contributed by atoms with E-state index >= 15 is 0 Å². The van der Waals surface area contributed by atoms with Gasteiger partial charge >= 0.3 is 0 Å². The lowest BCUT2D eigenvalue weighted by molar-refractivity contribution is 0.0700. The molecule has 0 aliphatic carbocycles. The summed E-state index contributed by atoms with van der Waals surface area (Å²) in [4.78, 5) is 18.3. The predicted octanol–water partition coefficient (Wildman–Crippen LogP) is 3.98. The molecule has 2 heterocycles. The zero-order chi connectivity index (χ0) is 17.0. The van der Waals surface area contributed by atoms with Gasteiger partial charge < -0.3 is 4.90 Å². The molecule has 0 unspecified atom stereocenters. The first-order valence-corrected chi connectivity index (χ1v) is 9.49. The van der Waals surface area contributed by atoms with Gasteiger partial charge in [0.2, 0.25) is 0 Å². The van der Waals surface area contributed by atoms with Crippen molar-refractivity contribution in [2.24, 2.45) is 0 Å². The van der Waals surface area contributed by atoms with Crippen LogP contribution < -0.4 is 10.9 Å². The molecule has 0 aromatic carbocycles. The third-order valence-electron chi connectivity index (χ3n) is 4.65. The third-order valence-corrected chi connectivity index (χ3v) is 4.65.